The number of allylic oxidation sites excluding steroid dienone is 2. The summed E-state index contributed by atoms with van der Waals surface area (Å²) in [7, 11) is 1.64. The smallest absolute Gasteiger partial charge is 0.184 e. The van der Waals surface area contributed by atoms with Gasteiger partial charge in [-0.3, -0.25) is 0 Å². The maximum Gasteiger partial charge on any atom is 0.184 e. The quantitative estimate of drug-likeness (QED) is 0.470. The highest BCUT2D eigenvalue weighted by molar-refractivity contribution is 5.74. The summed E-state index contributed by atoms with van der Waals surface area (Å²) in [5.41, 5.74) is 1.11. The molecule has 0 aromatic rings. The van der Waals surface area contributed by atoms with Crippen molar-refractivity contribution in [1.29, 1.82) is 0 Å². The van der Waals surface area contributed by atoms with E-state index in [1.807, 2.05) is 6.92 Å². The van der Waals surface area contributed by atoms with Crippen molar-refractivity contribution in [3.05, 3.63) is 11.8 Å². The van der Waals surface area contributed by atoms with Gasteiger partial charge < -0.3 is 4.74 Å². The van der Waals surface area contributed by atoms with Crippen LogP contribution in [0.1, 0.15) is 34.1 Å². The molecule has 0 spiro atoms. The second-order valence-electron chi connectivity index (χ2n) is 3.03. The van der Waals surface area contributed by atoms with Crippen molar-refractivity contribution in [3.8, 4) is 0 Å². The Morgan fingerprint density at radius 3 is 2.42 bits per heavy atom. The minimum absolute atomic E-state index is 0.468. The summed E-state index contributed by atoms with van der Waals surface area (Å²) in [6, 6.07) is 0. The second kappa shape index (κ2) is 5.81. The lowest BCUT2D eigenvalue weighted by atomic mass is 10.1. The van der Waals surface area contributed by atoms with E-state index in [2.05, 4.69) is 31.8 Å². The summed E-state index contributed by atoms with van der Waals surface area (Å²) in [6.07, 6.45) is 3.15. The van der Waals surface area contributed by atoms with E-state index in [1.165, 1.54) is 0 Å². The largest absolute Gasteiger partial charge is 0.484 e. The van der Waals surface area contributed by atoms with Crippen LogP contribution in [0.15, 0.2) is 16.8 Å². The third-order valence-corrected chi connectivity index (χ3v) is 1.59. The molecule has 0 aromatic carbocycles. The van der Waals surface area contributed by atoms with Gasteiger partial charge in [-0.25, -0.2) is 4.99 Å². The molecular formula is C10H19NO. The van der Waals surface area contributed by atoms with Gasteiger partial charge >= 0.3 is 0 Å². The third kappa shape index (κ3) is 4.16. The Labute approximate surface area is 75.3 Å². The summed E-state index contributed by atoms with van der Waals surface area (Å²) in [4.78, 5) is 4.34. The van der Waals surface area contributed by atoms with Gasteiger partial charge in [-0.15, -0.1) is 0 Å². The number of hydrogen-bond acceptors (Lipinski definition) is 2. The molecule has 0 saturated heterocycles. The fraction of sp³-hybridized carbons (Fsp3) is 0.700. The van der Waals surface area contributed by atoms with Crippen LogP contribution in [0.5, 0.6) is 0 Å². The van der Waals surface area contributed by atoms with Crippen LogP contribution in [0, 0.1) is 5.92 Å². The van der Waals surface area contributed by atoms with E-state index in [-0.39, 0.29) is 0 Å². The zero-order chi connectivity index (χ0) is 9.56. The van der Waals surface area contributed by atoms with Crippen LogP contribution >= 0.6 is 0 Å². The Bertz CT molecular complexity index is 180. The Hall–Kier alpha value is -0.790. The molecule has 0 aromatic heterocycles. The van der Waals surface area contributed by atoms with Crippen molar-refractivity contribution in [2.75, 3.05) is 7.11 Å². The first-order valence-corrected chi connectivity index (χ1v) is 4.41. The number of rotatable bonds is 3. The van der Waals surface area contributed by atoms with Crippen LogP contribution in [0.2, 0.25) is 0 Å². The molecule has 0 heterocycles. The molecule has 0 amide bonds. The molecular weight excluding hydrogens is 150 g/mol. The minimum atomic E-state index is 0.468. The summed E-state index contributed by atoms with van der Waals surface area (Å²) in [5, 5.41) is 0. The van der Waals surface area contributed by atoms with Crippen molar-refractivity contribution in [2.45, 2.75) is 34.1 Å². The SMILES string of the molecule is CC/C=C(/N=C(C)OC)C(C)C. The number of hydrogen-bond donors (Lipinski definition) is 0. The van der Waals surface area contributed by atoms with Crippen molar-refractivity contribution >= 4 is 5.90 Å². The van der Waals surface area contributed by atoms with Gasteiger partial charge in [0, 0.05) is 12.6 Å². The first-order chi connectivity index (χ1) is 5.61. The number of aliphatic imine (C=N–C) groups is 1. The van der Waals surface area contributed by atoms with E-state index in [9.17, 15) is 0 Å². The maximum atomic E-state index is 4.99. The normalized spacial score (nSPS) is 13.8. The van der Waals surface area contributed by atoms with Gasteiger partial charge in [-0.2, -0.15) is 0 Å². The van der Waals surface area contributed by atoms with E-state index < -0.39 is 0 Å². The summed E-state index contributed by atoms with van der Waals surface area (Å²) in [5.74, 6) is 1.19. The van der Waals surface area contributed by atoms with Crippen molar-refractivity contribution in [2.24, 2.45) is 10.9 Å². The summed E-state index contributed by atoms with van der Waals surface area (Å²) >= 11 is 0. The lowest BCUT2D eigenvalue weighted by Gasteiger charge is -2.06. The number of ether oxygens (including phenoxy) is 1. The van der Waals surface area contributed by atoms with Crippen molar-refractivity contribution in [1.82, 2.24) is 0 Å². The van der Waals surface area contributed by atoms with E-state index in [4.69, 9.17) is 4.74 Å². The van der Waals surface area contributed by atoms with Gasteiger partial charge in [0.1, 0.15) is 0 Å². The zero-order valence-electron chi connectivity index (χ0n) is 8.72. The van der Waals surface area contributed by atoms with Gasteiger partial charge in [-0.1, -0.05) is 26.8 Å². The monoisotopic (exact) mass is 169 g/mol. The standard InChI is InChI=1S/C10H19NO/c1-6-7-10(8(2)3)11-9(4)12-5/h7-8H,6H2,1-5H3/b10-7+,11-9?. The molecule has 0 aliphatic heterocycles. The Morgan fingerprint density at radius 2 is 2.08 bits per heavy atom. The zero-order valence-corrected chi connectivity index (χ0v) is 8.72. The van der Waals surface area contributed by atoms with Gasteiger partial charge in [-0.05, 0) is 12.3 Å². The molecule has 0 fully saturated rings. The molecule has 2 nitrogen and oxygen atoms in total. The molecule has 0 atom stereocenters. The van der Waals surface area contributed by atoms with E-state index >= 15 is 0 Å². The lowest BCUT2D eigenvalue weighted by molar-refractivity contribution is 0.398. The molecule has 0 unspecified atom stereocenters. The van der Waals surface area contributed by atoms with Gasteiger partial charge in [0.2, 0.25) is 0 Å². The van der Waals surface area contributed by atoms with Crippen molar-refractivity contribution in [3.63, 3.8) is 0 Å². The average molecular weight is 169 g/mol. The molecule has 0 rings (SSSR count). The predicted molar refractivity (Wildman–Crippen MR) is 53.3 cm³/mol. The maximum absolute atomic E-state index is 4.99. The van der Waals surface area contributed by atoms with Gasteiger partial charge in [0.05, 0.1) is 7.11 Å². The average Bonchev–Trinajstić information content (AvgIpc) is 2.03. The second-order valence-corrected chi connectivity index (χ2v) is 3.03. The minimum Gasteiger partial charge on any atom is -0.484 e. The molecule has 0 radical (unpaired) electrons. The predicted octanol–water partition coefficient (Wildman–Crippen LogP) is 3.00. The lowest BCUT2D eigenvalue weighted by Crippen LogP contribution is -1.98. The fourth-order valence-electron chi connectivity index (χ4n) is 0.847. The van der Waals surface area contributed by atoms with Crippen LogP contribution < -0.4 is 0 Å². The number of methoxy groups -OCH3 is 1. The molecule has 0 N–H and O–H groups in total. The summed E-state index contributed by atoms with van der Waals surface area (Å²) in [6.45, 7) is 8.24. The number of nitrogens with zero attached hydrogens (tertiary/aromatic N) is 1. The van der Waals surface area contributed by atoms with E-state index in [1.54, 1.807) is 7.11 Å². The van der Waals surface area contributed by atoms with E-state index in [0.29, 0.717) is 5.92 Å². The Kier molecular flexibility index (Phi) is 5.43. The first-order valence-electron chi connectivity index (χ1n) is 4.41. The van der Waals surface area contributed by atoms with Crippen LogP contribution in [0.4, 0.5) is 0 Å². The van der Waals surface area contributed by atoms with Crippen LogP contribution in [-0.4, -0.2) is 13.0 Å². The topological polar surface area (TPSA) is 21.6 Å². The van der Waals surface area contributed by atoms with Crippen LogP contribution in [-0.2, 0) is 4.74 Å². The molecule has 70 valence electrons. The van der Waals surface area contributed by atoms with Gasteiger partial charge in [0.15, 0.2) is 5.90 Å². The molecule has 0 bridgehead atoms. The highest BCUT2D eigenvalue weighted by Crippen LogP contribution is 2.12. The third-order valence-electron chi connectivity index (χ3n) is 1.59. The van der Waals surface area contributed by atoms with E-state index in [0.717, 1.165) is 18.0 Å². The van der Waals surface area contributed by atoms with Crippen LogP contribution in [0.3, 0.4) is 0 Å². The van der Waals surface area contributed by atoms with Crippen molar-refractivity contribution < 1.29 is 4.74 Å². The fourth-order valence-corrected chi connectivity index (χ4v) is 0.847. The Morgan fingerprint density at radius 1 is 1.50 bits per heavy atom. The summed E-state index contributed by atoms with van der Waals surface area (Å²) < 4.78 is 4.99. The van der Waals surface area contributed by atoms with Crippen LogP contribution in [0.25, 0.3) is 0 Å². The molecule has 0 aliphatic rings. The first kappa shape index (κ1) is 11.2. The van der Waals surface area contributed by atoms with Gasteiger partial charge in [0.25, 0.3) is 0 Å². The highest BCUT2D eigenvalue weighted by Gasteiger charge is 2.00. The molecule has 0 aliphatic carbocycles. The molecule has 12 heavy (non-hydrogen) atoms. The molecule has 0 saturated carbocycles. The Balaban J connectivity index is 4.43. The molecule has 2 heteroatoms. The highest BCUT2D eigenvalue weighted by atomic mass is 16.5.